The average Bonchev–Trinajstić information content (AvgIpc) is 3.09. The predicted molar refractivity (Wildman–Crippen MR) is 88.3 cm³/mol. The van der Waals surface area contributed by atoms with Crippen LogP contribution < -0.4 is 5.32 Å². The fourth-order valence-electron chi connectivity index (χ4n) is 2.07. The molecule has 5 nitrogen and oxygen atoms in total. The molecular weight excluding hydrogens is 320 g/mol. The molecule has 2 aromatic heterocycles. The van der Waals surface area contributed by atoms with E-state index in [2.05, 4.69) is 15.4 Å². The molecule has 0 aliphatic rings. The van der Waals surface area contributed by atoms with Crippen molar-refractivity contribution in [1.29, 1.82) is 0 Å². The number of hydrogen-bond donors (Lipinski definition) is 1. The zero-order chi connectivity index (χ0) is 15.5. The molecule has 0 spiro atoms. The molecule has 0 saturated carbocycles. The van der Waals surface area contributed by atoms with Gasteiger partial charge in [0.1, 0.15) is 0 Å². The van der Waals surface area contributed by atoms with Crippen molar-refractivity contribution in [3.05, 3.63) is 40.4 Å². The summed E-state index contributed by atoms with van der Waals surface area (Å²) in [4.78, 5) is 16.6. The van der Waals surface area contributed by atoms with Crippen LogP contribution in [-0.2, 0) is 11.2 Å². The molecule has 0 bridgehead atoms. The van der Waals surface area contributed by atoms with Gasteiger partial charge in [0, 0.05) is 35.4 Å². The fraction of sp³-hybridized carbons (Fsp3) is 0.267. The van der Waals surface area contributed by atoms with E-state index in [4.69, 9.17) is 11.6 Å². The standard InChI is InChI=1S/C15H15ClN4OS/c1-2-13(21)17-8-7-12-9-22-15-18-14(19-20(12)15)10-3-5-11(16)6-4-10/h3-6,9H,2,7-8H2,1H3,(H,17,21). The zero-order valence-electron chi connectivity index (χ0n) is 12.0. The van der Waals surface area contributed by atoms with Gasteiger partial charge in [0.25, 0.3) is 0 Å². The normalized spacial score (nSPS) is 11.0. The van der Waals surface area contributed by atoms with E-state index < -0.39 is 0 Å². The van der Waals surface area contributed by atoms with Crippen LogP contribution >= 0.6 is 22.9 Å². The molecular formula is C15H15ClN4OS. The maximum absolute atomic E-state index is 11.3. The number of halogens is 1. The lowest BCUT2D eigenvalue weighted by Crippen LogP contribution is -2.24. The first-order valence-corrected chi connectivity index (χ1v) is 8.29. The maximum Gasteiger partial charge on any atom is 0.219 e. The number of aromatic nitrogens is 3. The van der Waals surface area contributed by atoms with E-state index in [0.29, 0.717) is 23.8 Å². The van der Waals surface area contributed by atoms with Gasteiger partial charge in [-0.05, 0) is 24.3 Å². The van der Waals surface area contributed by atoms with Gasteiger partial charge in [-0.2, -0.15) is 4.98 Å². The van der Waals surface area contributed by atoms with Crippen molar-refractivity contribution in [1.82, 2.24) is 19.9 Å². The molecule has 0 atom stereocenters. The number of carbonyl (C=O) groups is 1. The van der Waals surface area contributed by atoms with E-state index in [0.717, 1.165) is 22.6 Å². The fourth-order valence-corrected chi connectivity index (χ4v) is 3.06. The van der Waals surface area contributed by atoms with Gasteiger partial charge in [-0.15, -0.1) is 16.4 Å². The van der Waals surface area contributed by atoms with Crippen LogP contribution in [0.5, 0.6) is 0 Å². The van der Waals surface area contributed by atoms with Crippen LogP contribution in [0.3, 0.4) is 0 Å². The minimum Gasteiger partial charge on any atom is -0.356 e. The van der Waals surface area contributed by atoms with Crippen LogP contribution in [0.2, 0.25) is 5.02 Å². The first kappa shape index (κ1) is 15.0. The number of amides is 1. The minimum absolute atomic E-state index is 0.0620. The number of nitrogens with one attached hydrogen (secondary N) is 1. The number of thiazole rings is 1. The first-order valence-electron chi connectivity index (χ1n) is 7.03. The van der Waals surface area contributed by atoms with Crippen molar-refractivity contribution in [2.75, 3.05) is 6.54 Å². The number of fused-ring (bicyclic) bond motifs is 1. The molecule has 0 radical (unpaired) electrons. The van der Waals surface area contributed by atoms with E-state index in [-0.39, 0.29) is 5.91 Å². The van der Waals surface area contributed by atoms with E-state index in [1.807, 2.05) is 41.1 Å². The van der Waals surface area contributed by atoms with Crippen molar-refractivity contribution in [2.24, 2.45) is 0 Å². The van der Waals surface area contributed by atoms with Crippen LogP contribution in [0.1, 0.15) is 19.0 Å². The van der Waals surface area contributed by atoms with Crippen LogP contribution in [0, 0.1) is 0 Å². The average molecular weight is 335 g/mol. The molecule has 114 valence electrons. The molecule has 0 saturated heterocycles. The third-order valence-corrected chi connectivity index (χ3v) is 4.39. The highest BCUT2D eigenvalue weighted by molar-refractivity contribution is 7.15. The molecule has 0 fully saturated rings. The summed E-state index contributed by atoms with van der Waals surface area (Å²) in [5.74, 6) is 0.745. The molecule has 1 aromatic carbocycles. The minimum atomic E-state index is 0.0620. The summed E-state index contributed by atoms with van der Waals surface area (Å²) in [7, 11) is 0. The van der Waals surface area contributed by atoms with Crippen molar-refractivity contribution >= 4 is 33.8 Å². The molecule has 0 unspecified atom stereocenters. The van der Waals surface area contributed by atoms with Crippen LogP contribution in [0.4, 0.5) is 0 Å². The Kier molecular flexibility index (Phi) is 4.40. The monoisotopic (exact) mass is 334 g/mol. The summed E-state index contributed by atoms with van der Waals surface area (Å²) in [5.41, 5.74) is 1.98. The predicted octanol–water partition coefficient (Wildman–Crippen LogP) is 3.18. The Morgan fingerprint density at radius 1 is 1.36 bits per heavy atom. The molecule has 3 aromatic rings. The Labute approximate surface area is 136 Å². The van der Waals surface area contributed by atoms with Gasteiger partial charge in [0.2, 0.25) is 10.9 Å². The summed E-state index contributed by atoms with van der Waals surface area (Å²) in [6.45, 7) is 2.45. The Morgan fingerprint density at radius 2 is 2.14 bits per heavy atom. The Hall–Kier alpha value is -1.92. The van der Waals surface area contributed by atoms with Crippen molar-refractivity contribution in [3.8, 4) is 11.4 Å². The first-order chi connectivity index (χ1) is 10.7. The summed E-state index contributed by atoms with van der Waals surface area (Å²) in [5, 5.41) is 10.1. The molecule has 1 amide bonds. The summed E-state index contributed by atoms with van der Waals surface area (Å²) in [6, 6.07) is 7.46. The quantitative estimate of drug-likeness (QED) is 0.779. The van der Waals surface area contributed by atoms with Crippen molar-refractivity contribution < 1.29 is 4.79 Å². The molecule has 1 N–H and O–H groups in total. The third-order valence-electron chi connectivity index (χ3n) is 3.28. The molecule has 0 aliphatic carbocycles. The van der Waals surface area contributed by atoms with Crippen molar-refractivity contribution in [2.45, 2.75) is 19.8 Å². The molecule has 0 aliphatic heterocycles. The number of hydrogen-bond acceptors (Lipinski definition) is 4. The van der Waals surface area contributed by atoms with Crippen LogP contribution in [0.15, 0.2) is 29.6 Å². The molecule has 22 heavy (non-hydrogen) atoms. The summed E-state index contributed by atoms with van der Waals surface area (Å²) < 4.78 is 1.84. The lowest BCUT2D eigenvalue weighted by Gasteiger charge is -2.01. The van der Waals surface area contributed by atoms with Gasteiger partial charge in [-0.1, -0.05) is 18.5 Å². The SMILES string of the molecule is CCC(=O)NCCc1csc2nc(-c3ccc(Cl)cc3)nn12. The largest absolute Gasteiger partial charge is 0.356 e. The highest BCUT2D eigenvalue weighted by atomic mass is 35.5. The Morgan fingerprint density at radius 3 is 2.86 bits per heavy atom. The van der Waals surface area contributed by atoms with Crippen LogP contribution in [-0.4, -0.2) is 27.0 Å². The second-order valence-corrected chi connectivity index (χ2v) is 6.09. The van der Waals surface area contributed by atoms with Gasteiger partial charge in [0.15, 0.2) is 5.82 Å². The van der Waals surface area contributed by atoms with Gasteiger partial charge in [0.05, 0.1) is 5.69 Å². The van der Waals surface area contributed by atoms with E-state index in [1.165, 1.54) is 0 Å². The molecule has 7 heteroatoms. The van der Waals surface area contributed by atoms with Gasteiger partial charge < -0.3 is 5.32 Å². The molecule has 2 heterocycles. The summed E-state index contributed by atoms with van der Waals surface area (Å²) >= 11 is 7.45. The highest BCUT2D eigenvalue weighted by Crippen LogP contribution is 2.22. The number of nitrogens with zero attached hydrogens (tertiary/aromatic N) is 3. The lowest BCUT2D eigenvalue weighted by atomic mass is 10.2. The van der Waals surface area contributed by atoms with E-state index in [1.54, 1.807) is 11.3 Å². The van der Waals surface area contributed by atoms with Gasteiger partial charge >= 0.3 is 0 Å². The highest BCUT2D eigenvalue weighted by Gasteiger charge is 2.11. The Balaban J connectivity index is 1.79. The van der Waals surface area contributed by atoms with E-state index in [9.17, 15) is 4.79 Å². The number of rotatable bonds is 5. The van der Waals surface area contributed by atoms with Gasteiger partial charge in [-0.25, -0.2) is 4.52 Å². The topological polar surface area (TPSA) is 59.3 Å². The smallest absolute Gasteiger partial charge is 0.219 e. The number of carbonyl (C=O) groups excluding carboxylic acids is 1. The maximum atomic E-state index is 11.3. The number of benzene rings is 1. The molecule has 3 rings (SSSR count). The van der Waals surface area contributed by atoms with Crippen molar-refractivity contribution in [3.63, 3.8) is 0 Å². The zero-order valence-corrected chi connectivity index (χ0v) is 13.6. The lowest BCUT2D eigenvalue weighted by molar-refractivity contribution is -0.120. The van der Waals surface area contributed by atoms with E-state index >= 15 is 0 Å². The van der Waals surface area contributed by atoms with Crippen LogP contribution in [0.25, 0.3) is 16.3 Å². The second kappa shape index (κ2) is 6.46. The summed E-state index contributed by atoms with van der Waals surface area (Å²) in [6.07, 6.45) is 1.23. The third kappa shape index (κ3) is 3.13. The Bertz CT molecular complexity index is 794. The second-order valence-electron chi connectivity index (χ2n) is 4.82. The van der Waals surface area contributed by atoms with Gasteiger partial charge in [-0.3, -0.25) is 4.79 Å².